The highest BCUT2D eigenvalue weighted by molar-refractivity contribution is 6.23. The van der Waals surface area contributed by atoms with Crippen LogP contribution in [-0.4, -0.2) is 50.5 Å². The first kappa shape index (κ1) is 18.2. The number of Topliss-reactive ketones (excluding diaryl/α,β-unsaturated/α-hetero) is 2. The lowest BCUT2D eigenvalue weighted by molar-refractivity contribution is -0.147. The number of aliphatic hydroxyl groups excluding tert-OH is 2. The van der Waals surface area contributed by atoms with E-state index in [9.17, 15) is 34.8 Å². The summed E-state index contributed by atoms with van der Waals surface area (Å²) < 4.78 is 0. The molecule has 5 N–H and O–H groups in total. The molecule has 8 nitrogen and oxygen atoms in total. The number of aliphatic hydroxyl groups is 3. The number of fused-ring (bicyclic) bond motifs is 3. The standard InChI is InChI=1S/C20H19NO7/c1-21-19(27)15-12(23)7-10-6-9-5-8-3-2-4-11(22)13(8)16(24)14(9)17(25)20(10,28)18(15)26/h2-4,9-10,22,24,26,28H,5-7H2,1H3,(H,21,27)/t9?,10?,20-/m0/s1. The van der Waals surface area contributed by atoms with E-state index >= 15 is 0 Å². The summed E-state index contributed by atoms with van der Waals surface area (Å²) in [4.78, 5) is 37.6. The molecule has 2 unspecified atom stereocenters. The minimum absolute atomic E-state index is 0.107. The molecule has 0 bridgehead atoms. The third-order valence-corrected chi connectivity index (χ3v) is 6.01. The molecule has 28 heavy (non-hydrogen) atoms. The molecule has 1 saturated carbocycles. The van der Waals surface area contributed by atoms with Crippen LogP contribution in [0.4, 0.5) is 0 Å². The van der Waals surface area contributed by atoms with Gasteiger partial charge >= 0.3 is 0 Å². The first-order valence-electron chi connectivity index (χ1n) is 8.92. The Morgan fingerprint density at radius 3 is 2.57 bits per heavy atom. The van der Waals surface area contributed by atoms with Crippen molar-refractivity contribution in [1.82, 2.24) is 5.32 Å². The minimum Gasteiger partial charge on any atom is -0.508 e. The lowest BCUT2D eigenvalue weighted by atomic mass is 9.59. The monoisotopic (exact) mass is 385 g/mol. The second-order valence-electron chi connectivity index (χ2n) is 7.43. The van der Waals surface area contributed by atoms with Gasteiger partial charge in [0.15, 0.2) is 11.4 Å². The molecule has 4 rings (SSSR count). The van der Waals surface area contributed by atoms with Gasteiger partial charge in [0.1, 0.15) is 22.8 Å². The number of ketones is 2. The molecule has 0 spiro atoms. The van der Waals surface area contributed by atoms with Crippen LogP contribution in [0.1, 0.15) is 24.0 Å². The number of likely N-dealkylation sites (N-methyl/N-ethyl adjacent to an activating group) is 1. The quantitative estimate of drug-likeness (QED) is 0.447. The summed E-state index contributed by atoms with van der Waals surface area (Å²) in [6, 6.07) is 4.73. The summed E-state index contributed by atoms with van der Waals surface area (Å²) in [7, 11) is 1.26. The van der Waals surface area contributed by atoms with Crippen LogP contribution in [0.2, 0.25) is 0 Å². The molecule has 1 fully saturated rings. The van der Waals surface area contributed by atoms with E-state index < -0.39 is 52.0 Å². The van der Waals surface area contributed by atoms with Gasteiger partial charge in [-0.05, 0) is 30.4 Å². The molecule has 8 heteroatoms. The smallest absolute Gasteiger partial charge is 0.258 e. The van der Waals surface area contributed by atoms with Gasteiger partial charge in [-0.3, -0.25) is 14.4 Å². The highest BCUT2D eigenvalue weighted by Crippen LogP contribution is 2.51. The number of hydrogen-bond donors (Lipinski definition) is 5. The number of rotatable bonds is 1. The predicted octanol–water partition coefficient (Wildman–Crippen LogP) is 0.685. The van der Waals surface area contributed by atoms with Crippen molar-refractivity contribution in [3.05, 3.63) is 46.2 Å². The van der Waals surface area contributed by atoms with E-state index in [1.54, 1.807) is 12.1 Å². The topological polar surface area (TPSA) is 144 Å². The maximum Gasteiger partial charge on any atom is 0.258 e. The summed E-state index contributed by atoms with van der Waals surface area (Å²) in [5.74, 6) is -5.53. The molecule has 3 aliphatic rings. The molecule has 0 saturated heterocycles. The van der Waals surface area contributed by atoms with Crippen molar-refractivity contribution in [1.29, 1.82) is 0 Å². The van der Waals surface area contributed by atoms with E-state index in [1.165, 1.54) is 13.1 Å². The molecule has 1 aromatic rings. The SMILES string of the molecule is CNC(=O)C1=C(O)[C@@]2(O)C(=O)C3=C(O)c4c(O)cccc4CC3CC2CC1=O. The Kier molecular flexibility index (Phi) is 3.87. The van der Waals surface area contributed by atoms with Crippen LogP contribution in [0, 0.1) is 11.8 Å². The van der Waals surface area contributed by atoms with Crippen molar-refractivity contribution in [2.45, 2.75) is 24.9 Å². The second-order valence-corrected chi connectivity index (χ2v) is 7.43. The fourth-order valence-electron chi connectivity index (χ4n) is 4.66. The van der Waals surface area contributed by atoms with Crippen LogP contribution in [0.3, 0.4) is 0 Å². The molecule has 3 aliphatic carbocycles. The number of amides is 1. The van der Waals surface area contributed by atoms with Gasteiger partial charge in [0, 0.05) is 25.0 Å². The van der Waals surface area contributed by atoms with E-state index in [0.717, 1.165) is 0 Å². The fraction of sp³-hybridized carbons (Fsp3) is 0.350. The second kappa shape index (κ2) is 5.93. The lowest BCUT2D eigenvalue weighted by Crippen LogP contribution is -2.58. The fourth-order valence-corrected chi connectivity index (χ4v) is 4.66. The summed E-state index contributed by atoms with van der Waals surface area (Å²) >= 11 is 0. The Labute approximate surface area is 159 Å². The molecule has 0 heterocycles. The molecule has 0 radical (unpaired) electrons. The van der Waals surface area contributed by atoms with Crippen LogP contribution < -0.4 is 5.32 Å². The van der Waals surface area contributed by atoms with Crippen LogP contribution in [0.5, 0.6) is 5.75 Å². The van der Waals surface area contributed by atoms with Crippen molar-refractivity contribution in [3.63, 3.8) is 0 Å². The van der Waals surface area contributed by atoms with Crippen LogP contribution in [0.25, 0.3) is 5.76 Å². The number of phenolic OH excluding ortho intramolecular Hbond substituents is 1. The number of benzene rings is 1. The van der Waals surface area contributed by atoms with Crippen LogP contribution >= 0.6 is 0 Å². The summed E-state index contributed by atoms with van der Waals surface area (Å²) in [6.07, 6.45) is 0.225. The Morgan fingerprint density at radius 1 is 1.18 bits per heavy atom. The summed E-state index contributed by atoms with van der Waals surface area (Å²) in [5, 5.41) is 44.7. The van der Waals surface area contributed by atoms with E-state index in [1.807, 2.05) is 0 Å². The zero-order valence-electron chi connectivity index (χ0n) is 15.0. The number of carbonyl (C=O) groups excluding carboxylic acids is 3. The highest BCUT2D eigenvalue weighted by atomic mass is 16.3. The van der Waals surface area contributed by atoms with Gasteiger partial charge in [0.2, 0.25) is 5.78 Å². The van der Waals surface area contributed by atoms with E-state index in [0.29, 0.717) is 12.0 Å². The zero-order valence-corrected chi connectivity index (χ0v) is 15.0. The maximum atomic E-state index is 13.2. The number of phenols is 1. The van der Waals surface area contributed by atoms with Gasteiger partial charge in [-0.2, -0.15) is 0 Å². The van der Waals surface area contributed by atoms with Gasteiger partial charge in [0.25, 0.3) is 5.91 Å². The molecule has 1 aromatic carbocycles. The molecule has 3 atom stereocenters. The average molecular weight is 385 g/mol. The Hall–Kier alpha value is -3.13. The van der Waals surface area contributed by atoms with Crippen molar-refractivity contribution < 1.29 is 34.8 Å². The molecular formula is C20H19NO7. The first-order chi connectivity index (χ1) is 13.2. The summed E-state index contributed by atoms with van der Waals surface area (Å²) in [6.45, 7) is 0. The zero-order chi connectivity index (χ0) is 20.4. The molecule has 0 aliphatic heterocycles. The van der Waals surface area contributed by atoms with Crippen molar-refractivity contribution >= 4 is 23.2 Å². The largest absolute Gasteiger partial charge is 0.508 e. The number of aromatic hydroxyl groups is 1. The molecule has 0 aromatic heterocycles. The maximum absolute atomic E-state index is 13.2. The van der Waals surface area contributed by atoms with Gasteiger partial charge in [-0.15, -0.1) is 0 Å². The van der Waals surface area contributed by atoms with Crippen molar-refractivity contribution in [2.75, 3.05) is 7.05 Å². The van der Waals surface area contributed by atoms with Crippen molar-refractivity contribution in [3.8, 4) is 5.75 Å². The van der Waals surface area contributed by atoms with Gasteiger partial charge in [-0.25, -0.2) is 0 Å². The Balaban J connectivity index is 1.92. The van der Waals surface area contributed by atoms with Gasteiger partial charge in [0.05, 0.1) is 5.56 Å². The van der Waals surface area contributed by atoms with E-state index in [2.05, 4.69) is 5.32 Å². The lowest BCUT2D eigenvalue weighted by Gasteiger charge is -2.46. The van der Waals surface area contributed by atoms with Gasteiger partial charge in [-0.1, -0.05) is 12.1 Å². The third kappa shape index (κ3) is 2.18. The average Bonchev–Trinajstić information content (AvgIpc) is 2.64. The van der Waals surface area contributed by atoms with Gasteiger partial charge < -0.3 is 25.7 Å². The number of hydrogen-bond acceptors (Lipinski definition) is 7. The summed E-state index contributed by atoms with van der Waals surface area (Å²) in [5.41, 5.74) is -2.46. The molecular weight excluding hydrogens is 366 g/mol. The minimum atomic E-state index is -2.47. The predicted molar refractivity (Wildman–Crippen MR) is 96.3 cm³/mol. The van der Waals surface area contributed by atoms with Crippen LogP contribution in [-0.2, 0) is 20.8 Å². The number of nitrogens with one attached hydrogen (secondary N) is 1. The number of carbonyl (C=O) groups is 3. The first-order valence-corrected chi connectivity index (χ1v) is 8.92. The van der Waals surface area contributed by atoms with Crippen LogP contribution in [0.15, 0.2) is 35.1 Å². The molecule has 146 valence electrons. The molecule has 1 amide bonds. The van der Waals surface area contributed by atoms with Crippen molar-refractivity contribution in [2.24, 2.45) is 11.8 Å². The van der Waals surface area contributed by atoms with E-state index in [-0.39, 0.29) is 29.7 Å². The van der Waals surface area contributed by atoms with E-state index in [4.69, 9.17) is 0 Å². The highest BCUT2D eigenvalue weighted by Gasteiger charge is 2.60. The normalized spacial score (nSPS) is 29.2. The third-order valence-electron chi connectivity index (χ3n) is 6.01. The Bertz CT molecular complexity index is 1010. The Morgan fingerprint density at radius 2 is 1.89 bits per heavy atom.